The van der Waals surface area contributed by atoms with Crippen molar-refractivity contribution in [2.75, 3.05) is 11.4 Å². The number of nitrogens with two attached hydrogens (primary N) is 1. The van der Waals surface area contributed by atoms with Gasteiger partial charge >= 0.3 is 0 Å². The molecule has 7 heteroatoms. The van der Waals surface area contributed by atoms with Crippen LogP contribution in [0.2, 0.25) is 0 Å². The molecule has 94 valence electrons. The molecule has 1 heterocycles. The molecule has 0 saturated heterocycles. The lowest BCUT2D eigenvalue weighted by atomic mass is 10.3. The molecular formula is C11H13N5OS. The third-order valence-electron chi connectivity index (χ3n) is 2.37. The maximum absolute atomic E-state index is 8.57. The molecule has 0 aliphatic carbocycles. The SMILES string of the molecule is NC(CCN(c1ccccc1)c1ncns1)=NO. The Morgan fingerprint density at radius 3 is 2.78 bits per heavy atom. The smallest absolute Gasteiger partial charge is 0.209 e. The number of rotatable bonds is 5. The van der Waals surface area contributed by atoms with E-state index in [2.05, 4.69) is 14.5 Å². The van der Waals surface area contributed by atoms with Crippen molar-refractivity contribution in [3.63, 3.8) is 0 Å². The number of benzene rings is 1. The lowest BCUT2D eigenvalue weighted by Crippen LogP contribution is -2.24. The lowest BCUT2D eigenvalue weighted by molar-refractivity contribution is 0.317. The summed E-state index contributed by atoms with van der Waals surface area (Å²) in [4.78, 5) is 6.17. The molecular weight excluding hydrogens is 250 g/mol. The topological polar surface area (TPSA) is 87.6 Å². The van der Waals surface area contributed by atoms with Crippen LogP contribution in [0.5, 0.6) is 0 Å². The highest BCUT2D eigenvalue weighted by Gasteiger charge is 2.12. The number of amidine groups is 1. The highest BCUT2D eigenvalue weighted by Crippen LogP contribution is 2.25. The largest absolute Gasteiger partial charge is 0.409 e. The number of anilines is 2. The van der Waals surface area contributed by atoms with Gasteiger partial charge in [0.25, 0.3) is 0 Å². The summed E-state index contributed by atoms with van der Waals surface area (Å²) in [5, 5.41) is 12.3. The lowest BCUT2D eigenvalue weighted by Gasteiger charge is -2.20. The molecule has 0 fully saturated rings. The van der Waals surface area contributed by atoms with E-state index < -0.39 is 0 Å². The molecule has 0 aliphatic rings. The first kappa shape index (κ1) is 12.3. The molecule has 2 aromatic rings. The summed E-state index contributed by atoms with van der Waals surface area (Å²) >= 11 is 1.31. The minimum absolute atomic E-state index is 0.195. The van der Waals surface area contributed by atoms with Crippen LogP contribution in [0.3, 0.4) is 0 Å². The number of hydrogen-bond donors (Lipinski definition) is 2. The number of nitrogens with zero attached hydrogens (tertiary/aromatic N) is 4. The molecule has 0 amide bonds. The Bertz CT molecular complexity index is 499. The number of para-hydroxylation sites is 1. The molecule has 3 N–H and O–H groups in total. The number of hydrogen-bond acceptors (Lipinski definition) is 6. The standard InChI is InChI=1S/C11H13N5OS/c12-10(15-17)6-7-16(11-13-8-14-18-11)9-4-2-1-3-5-9/h1-5,8,17H,6-7H2,(H2,12,15). The van der Waals surface area contributed by atoms with Crippen molar-refractivity contribution in [2.45, 2.75) is 6.42 Å². The van der Waals surface area contributed by atoms with Crippen LogP contribution in [0.25, 0.3) is 0 Å². The van der Waals surface area contributed by atoms with E-state index in [0.29, 0.717) is 13.0 Å². The van der Waals surface area contributed by atoms with Gasteiger partial charge in [-0.15, -0.1) is 0 Å². The van der Waals surface area contributed by atoms with E-state index in [0.717, 1.165) is 10.8 Å². The van der Waals surface area contributed by atoms with Crippen molar-refractivity contribution in [2.24, 2.45) is 10.9 Å². The zero-order valence-electron chi connectivity index (χ0n) is 9.60. The van der Waals surface area contributed by atoms with Crippen LogP contribution in [0.4, 0.5) is 10.8 Å². The van der Waals surface area contributed by atoms with E-state index in [-0.39, 0.29) is 5.84 Å². The zero-order chi connectivity index (χ0) is 12.8. The van der Waals surface area contributed by atoms with Crippen LogP contribution >= 0.6 is 11.5 Å². The first-order valence-electron chi connectivity index (χ1n) is 5.37. The predicted octanol–water partition coefficient (Wildman–Crippen LogP) is 1.81. The molecule has 0 spiro atoms. The van der Waals surface area contributed by atoms with Crippen molar-refractivity contribution in [3.8, 4) is 0 Å². The molecule has 0 bridgehead atoms. The van der Waals surface area contributed by atoms with E-state index in [4.69, 9.17) is 10.9 Å². The second-order valence-electron chi connectivity index (χ2n) is 3.55. The zero-order valence-corrected chi connectivity index (χ0v) is 10.4. The second kappa shape index (κ2) is 5.97. The molecule has 1 aromatic carbocycles. The van der Waals surface area contributed by atoms with E-state index in [1.54, 1.807) is 0 Å². The first-order valence-corrected chi connectivity index (χ1v) is 6.14. The van der Waals surface area contributed by atoms with Gasteiger partial charge in [0.05, 0.1) is 0 Å². The van der Waals surface area contributed by atoms with Crippen LogP contribution < -0.4 is 10.6 Å². The second-order valence-corrected chi connectivity index (χ2v) is 4.31. The van der Waals surface area contributed by atoms with E-state index in [1.807, 2.05) is 35.2 Å². The summed E-state index contributed by atoms with van der Waals surface area (Å²) in [6.07, 6.45) is 1.96. The van der Waals surface area contributed by atoms with Gasteiger partial charge in [-0.25, -0.2) is 4.98 Å². The fourth-order valence-electron chi connectivity index (χ4n) is 1.51. The summed E-state index contributed by atoms with van der Waals surface area (Å²) in [5.74, 6) is 0.195. The molecule has 18 heavy (non-hydrogen) atoms. The highest BCUT2D eigenvalue weighted by atomic mass is 32.1. The summed E-state index contributed by atoms with van der Waals surface area (Å²) in [5.41, 5.74) is 6.49. The van der Waals surface area contributed by atoms with Gasteiger partial charge in [0, 0.05) is 30.2 Å². The number of aromatic nitrogens is 2. The van der Waals surface area contributed by atoms with Gasteiger partial charge in [-0.05, 0) is 12.1 Å². The maximum atomic E-state index is 8.57. The van der Waals surface area contributed by atoms with Gasteiger partial charge in [-0.3, -0.25) is 0 Å². The monoisotopic (exact) mass is 263 g/mol. The summed E-state index contributed by atoms with van der Waals surface area (Å²) in [7, 11) is 0. The Morgan fingerprint density at radius 1 is 1.39 bits per heavy atom. The van der Waals surface area contributed by atoms with Gasteiger partial charge in [0.1, 0.15) is 12.2 Å². The van der Waals surface area contributed by atoms with E-state index in [9.17, 15) is 0 Å². The summed E-state index contributed by atoms with van der Waals surface area (Å²) < 4.78 is 3.99. The molecule has 0 saturated carbocycles. The quantitative estimate of drug-likeness (QED) is 0.372. The minimum atomic E-state index is 0.195. The van der Waals surface area contributed by atoms with E-state index >= 15 is 0 Å². The van der Waals surface area contributed by atoms with Gasteiger partial charge in [0.15, 0.2) is 0 Å². The molecule has 6 nitrogen and oxygen atoms in total. The first-order chi connectivity index (χ1) is 8.81. The van der Waals surface area contributed by atoms with Crippen LogP contribution in [0.1, 0.15) is 6.42 Å². The van der Waals surface area contributed by atoms with Gasteiger partial charge < -0.3 is 15.8 Å². The Balaban J connectivity index is 2.19. The Labute approximate surface area is 109 Å². The van der Waals surface area contributed by atoms with E-state index in [1.165, 1.54) is 17.9 Å². The van der Waals surface area contributed by atoms with Gasteiger partial charge in [-0.1, -0.05) is 23.4 Å². The third-order valence-corrected chi connectivity index (χ3v) is 3.06. The van der Waals surface area contributed by atoms with Crippen LogP contribution in [0.15, 0.2) is 41.8 Å². The maximum Gasteiger partial charge on any atom is 0.209 e. The van der Waals surface area contributed by atoms with Crippen LogP contribution in [-0.2, 0) is 0 Å². The van der Waals surface area contributed by atoms with Crippen molar-refractivity contribution >= 4 is 28.2 Å². The Kier molecular flexibility index (Phi) is 4.08. The Hall–Kier alpha value is -2.15. The molecule has 0 unspecified atom stereocenters. The minimum Gasteiger partial charge on any atom is -0.409 e. The number of oxime groups is 1. The molecule has 0 atom stereocenters. The van der Waals surface area contributed by atoms with Crippen LogP contribution in [-0.4, -0.2) is 26.9 Å². The average Bonchev–Trinajstić information content (AvgIpc) is 2.94. The molecule has 2 rings (SSSR count). The Morgan fingerprint density at radius 2 is 2.17 bits per heavy atom. The molecule has 1 aromatic heterocycles. The van der Waals surface area contributed by atoms with Crippen molar-refractivity contribution < 1.29 is 5.21 Å². The average molecular weight is 263 g/mol. The molecule has 0 radical (unpaired) electrons. The van der Waals surface area contributed by atoms with Crippen molar-refractivity contribution in [3.05, 3.63) is 36.7 Å². The fourth-order valence-corrected chi connectivity index (χ4v) is 2.08. The van der Waals surface area contributed by atoms with Gasteiger partial charge in [-0.2, -0.15) is 4.37 Å². The van der Waals surface area contributed by atoms with Gasteiger partial charge in [0.2, 0.25) is 5.13 Å². The summed E-state index contributed by atoms with van der Waals surface area (Å²) in [6, 6.07) is 9.81. The fraction of sp³-hybridized carbons (Fsp3) is 0.182. The van der Waals surface area contributed by atoms with Crippen molar-refractivity contribution in [1.82, 2.24) is 9.36 Å². The van der Waals surface area contributed by atoms with Crippen molar-refractivity contribution in [1.29, 1.82) is 0 Å². The summed E-state index contributed by atoms with van der Waals surface area (Å²) in [6.45, 7) is 0.578. The predicted molar refractivity (Wildman–Crippen MR) is 71.4 cm³/mol. The normalized spacial score (nSPS) is 11.4. The van der Waals surface area contributed by atoms with Crippen LogP contribution in [0, 0.1) is 0 Å². The third kappa shape index (κ3) is 2.95. The molecule has 0 aliphatic heterocycles. The highest BCUT2D eigenvalue weighted by molar-refractivity contribution is 7.09.